The van der Waals surface area contributed by atoms with E-state index in [9.17, 15) is 20.1 Å². The van der Waals surface area contributed by atoms with Gasteiger partial charge in [0.25, 0.3) is 0 Å². The predicted octanol–water partition coefficient (Wildman–Crippen LogP) is 1.61. The van der Waals surface area contributed by atoms with Crippen LogP contribution in [0.2, 0.25) is 0 Å². The summed E-state index contributed by atoms with van der Waals surface area (Å²) in [6.45, 7) is 23.9. The molecule has 0 bridgehead atoms. The minimum atomic E-state index is -1.45. The summed E-state index contributed by atoms with van der Waals surface area (Å²) in [6.07, 6.45) is -9.35. The molecule has 2 rings (SSSR count). The molecule has 10 unspecified atom stereocenters. The molecule has 0 aromatic rings. The Morgan fingerprint density at radius 3 is 1.76 bits per heavy atom. The molecule has 2 saturated heterocycles. The number of aliphatic hydroxyl groups excluding tert-OH is 3. The fraction of sp³-hybridized carbons (Fsp3) is 0.967. The van der Waals surface area contributed by atoms with Crippen LogP contribution < -0.4 is 10.6 Å². The molecule has 0 saturated carbocycles. The SMILES string of the molecule is CC(=O)NC1C(OC2C(CO)OC(NC(C)(C)C)C(O)C2O)OC(COC(C)(C)C)C(OC(C)(C)C)C1OC(C)(C)C. The van der Waals surface area contributed by atoms with Crippen molar-refractivity contribution in [1.82, 2.24) is 10.6 Å². The van der Waals surface area contributed by atoms with E-state index >= 15 is 0 Å². The van der Waals surface area contributed by atoms with E-state index in [-0.39, 0.29) is 12.5 Å². The van der Waals surface area contributed by atoms with Crippen LogP contribution in [0.15, 0.2) is 0 Å². The third-order valence-electron chi connectivity index (χ3n) is 6.41. The number of hydrogen-bond donors (Lipinski definition) is 5. The van der Waals surface area contributed by atoms with E-state index in [0.29, 0.717) is 0 Å². The zero-order valence-electron chi connectivity index (χ0n) is 27.9. The van der Waals surface area contributed by atoms with Crippen molar-refractivity contribution in [2.75, 3.05) is 13.2 Å². The molecule has 2 aliphatic heterocycles. The van der Waals surface area contributed by atoms with Crippen molar-refractivity contribution >= 4 is 5.91 Å². The molecular weight excluding hydrogens is 548 g/mol. The van der Waals surface area contributed by atoms with Gasteiger partial charge in [0.15, 0.2) is 6.29 Å². The summed E-state index contributed by atoms with van der Waals surface area (Å²) < 4.78 is 38.0. The van der Waals surface area contributed by atoms with Crippen LogP contribution in [0.5, 0.6) is 0 Å². The molecule has 0 radical (unpaired) electrons. The molecule has 248 valence electrons. The molecular formula is C30H58N2O10. The molecule has 0 spiro atoms. The number of rotatable bonds is 9. The van der Waals surface area contributed by atoms with Crippen LogP contribution in [-0.2, 0) is 33.2 Å². The van der Waals surface area contributed by atoms with Gasteiger partial charge in [0, 0.05) is 12.5 Å². The normalized spacial score (nSPS) is 35.2. The molecule has 42 heavy (non-hydrogen) atoms. The van der Waals surface area contributed by atoms with Crippen LogP contribution in [0.3, 0.4) is 0 Å². The Kier molecular flexibility index (Phi) is 12.4. The van der Waals surface area contributed by atoms with Gasteiger partial charge in [-0.1, -0.05) is 0 Å². The lowest BCUT2D eigenvalue weighted by atomic mass is 9.93. The molecule has 2 aliphatic rings. The maximum Gasteiger partial charge on any atom is 0.217 e. The van der Waals surface area contributed by atoms with Gasteiger partial charge >= 0.3 is 0 Å². The molecule has 2 heterocycles. The second-order valence-electron chi connectivity index (χ2n) is 15.3. The van der Waals surface area contributed by atoms with E-state index in [1.807, 2.05) is 83.1 Å². The second-order valence-corrected chi connectivity index (χ2v) is 15.3. The molecule has 5 N–H and O–H groups in total. The van der Waals surface area contributed by atoms with Crippen LogP contribution in [-0.4, -0.2) is 118 Å². The quantitative estimate of drug-likeness (QED) is 0.260. The number of nitrogens with one attached hydrogen (secondary N) is 2. The topological polar surface area (TPSA) is 157 Å². The maximum atomic E-state index is 12.5. The van der Waals surface area contributed by atoms with Crippen molar-refractivity contribution in [3.63, 3.8) is 0 Å². The smallest absolute Gasteiger partial charge is 0.217 e. The summed E-state index contributed by atoms with van der Waals surface area (Å²) in [6, 6.07) is -0.894. The highest BCUT2D eigenvalue weighted by Crippen LogP contribution is 2.35. The van der Waals surface area contributed by atoms with Crippen molar-refractivity contribution in [3.8, 4) is 0 Å². The predicted molar refractivity (Wildman–Crippen MR) is 157 cm³/mol. The molecule has 12 nitrogen and oxygen atoms in total. The summed E-state index contributed by atoms with van der Waals surface area (Å²) in [4.78, 5) is 12.5. The van der Waals surface area contributed by atoms with E-state index in [1.54, 1.807) is 0 Å². The lowest BCUT2D eigenvalue weighted by Gasteiger charge is -2.51. The first-order valence-corrected chi connectivity index (χ1v) is 14.9. The molecule has 10 atom stereocenters. The number of ether oxygens (including phenoxy) is 6. The highest BCUT2D eigenvalue weighted by Gasteiger charge is 2.54. The largest absolute Gasteiger partial charge is 0.394 e. The van der Waals surface area contributed by atoms with E-state index in [1.165, 1.54) is 6.92 Å². The molecule has 1 amide bonds. The van der Waals surface area contributed by atoms with Gasteiger partial charge in [0.1, 0.15) is 55.0 Å². The van der Waals surface area contributed by atoms with Crippen LogP contribution in [0, 0.1) is 0 Å². The minimum Gasteiger partial charge on any atom is -0.394 e. The number of carbonyl (C=O) groups is 1. The molecule has 12 heteroatoms. The van der Waals surface area contributed by atoms with Gasteiger partial charge in [-0.2, -0.15) is 0 Å². The lowest BCUT2D eigenvalue weighted by Crippen LogP contribution is -2.70. The van der Waals surface area contributed by atoms with Gasteiger partial charge in [-0.3, -0.25) is 10.1 Å². The summed E-state index contributed by atoms with van der Waals surface area (Å²) in [5, 5.41) is 38.4. The first kappa shape index (κ1) is 37.3. The number of aliphatic hydroxyl groups is 3. The Balaban J connectivity index is 2.53. The van der Waals surface area contributed by atoms with E-state index in [4.69, 9.17) is 28.4 Å². The standard InChI is InChI=1S/C30H58N2O10/c1-16(34)31-19-24(42-30(11,12)13)23(41-29(8,9)10)18(15-37-28(5,6)7)39-26(19)40-22-17(14-33)38-25(21(36)20(22)35)32-27(2,3)4/h17-26,32-33,35-36H,14-15H2,1-13H3,(H,31,34). The molecule has 2 fully saturated rings. The molecule has 0 aromatic heterocycles. The van der Waals surface area contributed by atoms with Gasteiger partial charge in [-0.15, -0.1) is 0 Å². The van der Waals surface area contributed by atoms with Gasteiger partial charge in [0.2, 0.25) is 5.91 Å². The van der Waals surface area contributed by atoms with Crippen LogP contribution in [0.1, 0.15) is 90.0 Å². The fourth-order valence-electron chi connectivity index (χ4n) is 4.93. The average molecular weight is 607 g/mol. The minimum absolute atomic E-state index is 0.119. The summed E-state index contributed by atoms with van der Waals surface area (Å²) in [7, 11) is 0. The van der Waals surface area contributed by atoms with E-state index in [0.717, 1.165) is 0 Å². The third-order valence-corrected chi connectivity index (χ3v) is 6.41. The Labute approximate surface area is 252 Å². The monoisotopic (exact) mass is 606 g/mol. The lowest BCUT2D eigenvalue weighted by molar-refractivity contribution is -0.344. The van der Waals surface area contributed by atoms with Crippen molar-refractivity contribution < 1.29 is 48.5 Å². The summed E-state index contributed by atoms with van der Waals surface area (Å²) in [5.74, 6) is -0.354. The Hall–Kier alpha value is -0.930. The molecule has 0 aromatic carbocycles. The Bertz CT molecular complexity index is 858. The highest BCUT2D eigenvalue weighted by atomic mass is 16.7. The fourth-order valence-corrected chi connectivity index (χ4v) is 4.93. The van der Waals surface area contributed by atoms with Crippen molar-refractivity contribution in [1.29, 1.82) is 0 Å². The zero-order chi connectivity index (χ0) is 32.4. The first-order valence-electron chi connectivity index (χ1n) is 14.9. The van der Waals surface area contributed by atoms with E-state index < -0.39 is 90.2 Å². The van der Waals surface area contributed by atoms with Crippen LogP contribution >= 0.6 is 0 Å². The Morgan fingerprint density at radius 1 is 0.762 bits per heavy atom. The second kappa shape index (κ2) is 14.0. The van der Waals surface area contributed by atoms with Gasteiger partial charge in [-0.05, 0) is 83.1 Å². The van der Waals surface area contributed by atoms with Gasteiger partial charge in [0.05, 0.1) is 30.0 Å². The van der Waals surface area contributed by atoms with Gasteiger partial charge in [-0.25, -0.2) is 0 Å². The summed E-state index contributed by atoms with van der Waals surface area (Å²) >= 11 is 0. The van der Waals surface area contributed by atoms with Gasteiger partial charge < -0.3 is 49.1 Å². The van der Waals surface area contributed by atoms with Crippen molar-refractivity contribution in [3.05, 3.63) is 0 Å². The van der Waals surface area contributed by atoms with Crippen molar-refractivity contribution in [2.24, 2.45) is 0 Å². The number of carbonyl (C=O) groups excluding carboxylic acids is 1. The zero-order valence-corrected chi connectivity index (χ0v) is 27.9. The molecule has 0 aliphatic carbocycles. The first-order chi connectivity index (χ1) is 18.9. The maximum absolute atomic E-state index is 12.5. The average Bonchev–Trinajstić information content (AvgIpc) is 2.77. The third kappa shape index (κ3) is 11.5. The number of hydrogen-bond acceptors (Lipinski definition) is 11. The van der Waals surface area contributed by atoms with Crippen molar-refractivity contribution in [2.45, 2.75) is 174 Å². The Morgan fingerprint density at radius 2 is 1.31 bits per heavy atom. The van der Waals surface area contributed by atoms with E-state index in [2.05, 4.69) is 10.6 Å². The number of amides is 1. The summed E-state index contributed by atoms with van der Waals surface area (Å²) in [5.41, 5.74) is -2.19. The van der Waals surface area contributed by atoms with Crippen LogP contribution in [0.4, 0.5) is 0 Å². The van der Waals surface area contributed by atoms with Crippen LogP contribution in [0.25, 0.3) is 0 Å². The highest BCUT2D eigenvalue weighted by molar-refractivity contribution is 5.73.